The van der Waals surface area contributed by atoms with Crippen molar-refractivity contribution in [3.63, 3.8) is 0 Å². The highest BCUT2D eigenvalue weighted by Crippen LogP contribution is 2.21. The van der Waals surface area contributed by atoms with Crippen molar-refractivity contribution in [1.82, 2.24) is 4.90 Å². The van der Waals surface area contributed by atoms with Crippen molar-refractivity contribution >= 4 is 5.78 Å². The zero-order valence-corrected chi connectivity index (χ0v) is 12.6. The van der Waals surface area contributed by atoms with Gasteiger partial charge in [-0.1, -0.05) is 25.7 Å². The van der Waals surface area contributed by atoms with Crippen LogP contribution in [0.3, 0.4) is 0 Å². The maximum Gasteiger partial charge on any atom is 0.176 e. The van der Waals surface area contributed by atoms with Crippen molar-refractivity contribution in [2.24, 2.45) is 0 Å². The lowest BCUT2D eigenvalue weighted by Crippen LogP contribution is -2.35. The maximum absolute atomic E-state index is 12.3. The Balaban J connectivity index is 1.91. The number of methoxy groups -OCH3 is 1. The van der Waals surface area contributed by atoms with Crippen LogP contribution in [0.15, 0.2) is 24.3 Å². The number of ketones is 1. The zero-order chi connectivity index (χ0) is 14.4. The molecule has 3 nitrogen and oxygen atoms in total. The first kappa shape index (κ1) is 15.0. The average Bonchev–Trinajstić information content (AvgIpc) is 2.76. The van der Waals surface area contributed by atoms with E-state index in [9.17, 15) is 4.79 Å². The van der Waals surface area contributed by atoms with Crippen LogP contribution in [0.5, 0.6) is 5.75 Å². The van der Waals surface area contributed by atoms with E-state index in [0.29, 0.717) is 12.6 Å². The highest BCUT2D eigenvalue weighted by molar-refractivity contribution is 5.97. The summed E-state index contributed by atoms with van der Waals surface area (Å²) in [5, 5.41) is 0. The fourth-order valence-corrected chi connectivity index (χ4v) is 2.92. The first-order valence-corrected chi connectivity index (χ1v) is 7.58. The van der Waals surface area contributed by atoms with Crippen LogP contribution < -0.4 is 4.74 Å². The lowest BCUT2D eigenvalue weighted by molar-refractivity contribution is 0.0912. The molecule has 0 heterocycles. The Kier molecular flexibility index (Phi) is 5.60. The molecule has 1 aliphatic carbocycles. The molecular weight excluding hydrogens is 250 g/mol. The molecule has 0 spiro atoms. The predicted molar refractivity (Wildman–Crippen MR) is 81.4 cm³/mol. The number of nitrogens with zero attached hydrogens (tertiary/aromatic N) is 1. The molecule has 0 unspecified atom stereocenters. The van der Waals surface area contributed by atoms with Crippen LogP contribution in [0.4, 0.5) is 0 Å². The topological polar surface area (TPSA) is 29.5 Å². The number of hydrogen-bond acceptors (Lipinski definition) is 3. The molecule has 0 N–H and O–H groups in total. The standard InChI is InChI=1S/C17H25NO2/c1-18(15-7-5-3-4-6-8-15)13-17(19)14-9-11-16(20-2)12-10-14/h9-12,15H,3-8,13H2,1-2H3. The summed E-state index contributed by atoms with van der Waals surface area (Å²) >= 11 is 0. The molecule has 1 aromatic carbocycles. The number of rotatable bonds is 5. The lowest BCUT2D eigenvalue weighted by atomic mass is 10.1. The molecule has 0 radical (unpaired) electrons. The fourth-order valence-electron chi connectivity index (χ4n) is 2.92. The van der Waals surface area contributed by atoms with Crippen molar-refractivity contribution in [2.75, 3.05) is 20.7 Å². The average molecular weight is 275 g/mol. The molecule has 0 saturated heterocycles. The van der Waals surface area contributed by atoms with Crippen LogP contribution in [0.1, 0.15) is 48.9 Å². The molecule has 0 bridgehead atoms. The molecule has 1 aliphatic rings. The van der Waals surface area contributed by atoms with E-state index in [1.807, 2.05) is 24.3 Å². The first-order chi connectivity index (χ1) is 9.70. The van der Waals surface area contributed by atoms with Gasteiger partial charge in [-0.2, -0.15) is 0 Å². The number of likely N-dealkylation sites (N-methyl/N-ethyl adjacent to an activating group) is 1. The second-order valence-corrected chi connectivity index (χ2v) is 5.71. The summed E-state index contributed by atoms with van der Waals surface area (Å²) in [5.74, 6) is 0.984. The van der Waals surface area contributed by atoms with E-state index in [1.165, 1.54) is 38.5 Å². The van der Waals surface area contributed by atoms with E-state index < -0.39 is 0 Å². The number of Topliss-reactive ketones (excluding diaryl/α,β-unsaturated/α-hetero) is 1. The number of hydrogen-bond donors (Lipinski definition) is 0. The second kappa shape index (κ2) is 7.44. The van der Waals surface area contributed by atoms with E-state index in [2.05, 4.69) is 11.9 Å². The van der Waals surface area contributed by atoms with Gasteiger partial charge in [-0.05, 0) is 44.2 Å². The number of carbonyl (C=O) groups is 1. The molecule has 0 amide bonds. The van der Waals surface area contributed by atoms with E-state index in [1.54, 1.807) is 7.11 Å². The van der Waals surface area contributed by atoms with Crippen LogP contribution in [-0.4, -0.2) is 37.4 Å². The summed E-state index contributed by atoms with van der Waals surface area (Å²) in [4.78, 5) is 14.5. The highest BCUT2D eigenvalue weighted by atomic mass is 16.5. The Bertz CT molecular complexity index is 419. The normalized spacial score (nSPS) is 16.9. The van der Waals surface area contributed by atoms with Gasteiger partial charge in [-0.15, -0.1) is 0 Å². The smallest absolute Gasteiger partial charge is 0.176 e. The molecular formula is C17H25NO2. The van der Waals surface area contributed by atoms with Gasteiger partial charge in [0.1, 0.15) is 5.75 Å². The highest BCUT2D eigenvalue weighted by Gasteiger charge is 2.19. The maximum atomic E-state index is 12.3. The van der Waals surface area contributed by atoms with Gasteiger partial charge in [-0.3, -0.25) is 9.69 Å². The van der Waals surface area contributed by atoms with Crippen LogP contribution >= 0.6 is 0 Å². The van der Waals surface area contributed by atoms with Gasteiger partial charge in [0.15, 0.2) is 5.78 Å². The van der Waals surface area contributed by atoms with Gasteiger partial charge in [0, 0.05) is 11.6 Å². The van der Waals surface area contributed by atoms with E-state index in [0.717, 1.165) is 11.3 Å². The summed E-state index contributed by atoms with van der Waals surface area (Å²) in [6.07, 6.45) is 7.74. The lowest BCUT2D eigenvalue weighted by Gasteiger charge is -2.26. The number of benzene rings is 1. The van der Waals surface area contributed by atoms with Crippen molar-refractivity contribution in [3.8, 4) is 5.75 Å². The van der Waals surface area contributed by atoms with Crippen LogP contribution in [0.25, 0.3) is 0 Å². The molecule has 0 aromatic heterocycles. The molecule has 3 heteroatoms. The molecule has 0 atom stereocenters. The molecule has 1 aromatic rings. The summed E-state index contributed by atoms with van der Waals surface area (Å²) in [5.41, 5.74) is 0.770. The van der Waals surface area contributed by atoms with E-state index >= 15 is 0 Å². The summed E-state index contributed by atoms with van der Waals surface area (Å²) in [7, 11) is 3.72. The molecule has 1 fully saturated rings. The van der Waals surface area contributed by atoms with Crippen molar-refractivity contribution in [2.45, 2.75) is 44.6 Å². The van der Waals surface area contributed by atoms with E-state index in [-0.39, 0.29) is 5.78 Å². The number of carbonyl (C=O) groups excluding carboxylic acids is 1. The molecule has 2 rings (SSSR count). The quantitative estimate of drug-likeness (QED) is 0.608. The summed E-state index contributed by atoms with van der Waals surface area (Å²) in [6.45, 7) is 0.511. The Morgan fingerprint density at radius 3 is 2.30 bits per heavy atom. The van der Waals surface area contributed by atoms with Gasteiger partial charge in [0.25, 0.3) is 0 Å². The Hall–Kier alpha value is -1.35. The number of ether oxygens (including phenoxy) is 1. The summed E-state index contributed by atoms with van der Waals surface area (Å²) < 4.78 is 5.12. The Labute approximate surface area is 121 Å². The van der Waals surface area contributed by atoms with Gasteiger partial charge >= 0.3 is 0 Å². The van der Waals surface area contributed by atoms with Crippen LogP contribution in [-0.2, 0) is 0 Å². The minimum absolute atomic E-state index is 0.194. The Morgan fingerprint density at radius 1 is 1.15 bits per heavy atom. The molecule has 1 saturated carbocycles. The van der Waals surface area contributed by atoms with Crippen LogP contribution in [0, 0.1) is 0 Å². The van der Waals surface area contributed by atoms with E-state index in [4.69, 9.17) is 4.74 Å². The predicted octanol–water partition coefficient (Wildman–Crippen LogP) is 3.53. The fraction of sp³-hybridized carbons (Fsp3) is 0.588. The summed E-state index contributed by atoms with van der Waals surface area (Å²) in [6, 6.07) is 7.96. The minimum atomic E-state index is 0.194. The van der Waals surface area contributed by atoms with Crippen molar-refractivity contribution in [1.29, 1.82) is 0 Å². The van der Waals surface area contributed by atoms with Gasteiger partial charge in [-0.25, -0.2) is 0 Å². The zero-order valence-electron chi connectivity index (χ0n) is 12.6. The van der Waals surface area contributed by atoms with Gasteiger partial charge in [0.05, 0.1) is 13.7 Å². The third-order valence-corrected chi connectivity index (χ3v) is 4.25. The molecule has 0 aliphatic heterocycles. The van der Waals surface area contributed by atoms with Crippen molar-refractivity contribution in [3.05, 3.63) is 29.8 Å². The first-order valence-electron chi connectivity index (χ1n) is 7.58. The monoisotopic (exact) mass is 275 g/mol. The van der Waals surface area contributed by atoms with Crippen molar-refractivity contribution < 1.29 is 9.53 Å². The van der Waals surface area contributed by atoms with Gasteiger partial charge < -0.3 is 4.74 Å². The molecule has 20 heavy (non-hydrogen) atoms. The second-order valence-electron chi connectivity index (χ2n) is 5.71. The third-order valence-electron chi connectivity index (χ3n) is 4.25. The Morgan fingerprint density at radius 2 is 1.75 bits per heavy atom. The SMILES string of the molecule is COc1ccc(C(=O)CN(C)C2CCCCCC2)cc1. The largest absolute Gasteiger partial charge is 0.497 e. The third kappa shape index (κ3) is 4.07. The van der Waals surface area contributed by atoms with Crippen LogP contribution in [0.2, 0.25) is 0 Å². The minimum Gasteiger partial charge on any atom is -0.497 e. The van der Waals surface area contributed by atoms with Gasteiger partial charge in [0.2, 0.25) is 0 Å². The molecule has 110 valence electrons.